The van der Waals surface area contributed by atoms with E-state index in [4.69, 9.17) is 17.3 Å². The summed E-state index contributed by atoms with van der Waals surface area (Å²) < 4.78 is 0. The van der Waals surface area contributed by atoms with Crippen LogP contribution in [0.1, 0.15) is 11.1 Å². The van der Waals surface area contributed by atoms with Gasteiger partial charge in [0.15, 0.2) is 0 Å². The molecule has 0 fully saturated rings. The zero-order chi connectivity index (χ0) is 9.42. The van der Waals surface area contributed by atoms with Gasteiger partial charge >= 0.3 is 0 Å². The predicted molar refractivity (Wildman–Crippen MR) is 55.9 cm³/mol. The molecule has 0 radical (unpaired) electrons. The number of likely N-dealkylation sites (N-methyl/N-ethyl adjacent to an activating group) is 1. The van der Waals surface area contributed by atoms with Crippen LogP contribution in [0.15, 0.2) is 12.1 Å². The first-order valence-corrected chi connectivity index (χ1v) is 4.80. The van der Waals surface area contributed by atoms with Gasteiger partial charge in [0.1, 0.15) is 0 Å². The van der Waals surface area contributed by atoms with E-state index in [2.05, 4.69) is 18.0 Å². The van der Waals surface area contributed by atoms with E-state index in [1.807, 2.05) is 6.07 Å². The van der Waals surface area contributed by atoms with Crippen molar-refractivity contribution in [3.8, 4) is 0 Å². The van der Waals surface area contributed by atoms with Gasteiger partial charge in [-0.25, -0.2) is 0 Å². The Morgan fingerprint density at radius 1 is 1.46 bits per heavy atom. The standard InChI is InChI=1S/C10H13ClN2/c1-13-5-4-7-2-3-9(11)10(12)8(7)6-13/h2-3H,4-6,12H2,1H3. The summed E-state index contributed by atoms with van der Waals surface area (Å²) in [5.74, 6) is 0. The van der Waals surface area contributed by atoms with Crippen molar-refractivity contribution in [2.75, 3.05) is 19.3 Å². The lowest BCUT2D eigenvalue weighted by Crippen LogP contribution is -2.27. The normalized spacial score (nSPS) is 17.1. The van der Waals surface area contributed by atoms with Crippen molar-refractivity contribution < 1.29 is 0 Å². The largest absolute Gasteiger partial charge is 0.397 e. The Hall–Kier alpha value is -0.730. The lowest BCUT2D eigenvalue weighted by molar-refractivity contribution is 0.313. The number of nitrogens with two attached hydrogens (primary N) is 1. The molecule has 2 nitrogen and oxygen atoms in total. The van der Waals surface area contributed by atoms with Crippen molar-refractivity contribution in [1.82, 2.24) is 4.90 Å². The fourth-order valence-corrected chi connectivity index (χ4v) is 1.94. The molecule has 1 aliphatic rings. The van der Waals surface area contributed by atoms with Crippen molar-refractivity contribution in [2.45, 2.75) is 13.0 Å². The van der Waals surface area contributed by atoms with Crippen LogP contribution in [0, 0.1) is 0 Å². The number of hydrogen-bond donors (Lipinski definition) is 1. The van der Waals surface area contributed by atoms with Crippen LogP contribution in [0.25, 0.3) is 0 Å². The van der Waals surface area contributed by atoms with Crippen LogP contribution in [0.2, 0.25) is 5.02 Å². The Balaban J connectivity index is 2.48. The molecule has 0 atom stereocenters. The van der Waals surface area contributed by atoms with E-state index in [1.54, 1.807) is 0 Å². The maximum Gasteiger partial charge on any atom is 0.0638 e. The first kappa shape index (κ1) is 8.85. The molecule has 2 rings (SSSR count). The van der Waals surface area contributed by atoms with E-state index in [9.17, 15) is 0 Å². The minimum absolute atomic E-state index is 0.675. The smallest absolute Gasteiger partial charge is 0.0638 e. The van der Waals surface area contributed by atoms with Gasteiger partial charge in [0.25, 0.3) is 0 Å². The molecule has 2 N–H and O–H groups in total. The molecule has 0 aliphatic carbocycles. The maximum absolute atomic E-state index is 5.95. The predicted octanol–water partition coefficient (Wildman–Crippen LogP) is 1.91. The molecule has 0 saturated heterocycles. The van der Waals surface area contributed by atoms with Gasteiger partial charge in [-0.15, -0.1) is 0 Å². The van der Waals surface area contributed by atoms with Gasteiger partial charge in [-0.1, -0.05) is 17.7 Å². The first-order valence-electron chi connectivity index (χ1n) is 4.43. The fourth-order valence-electron chi connectivity index (χ4n) is 1.76. The Kier molecular flexibility index (Phi) is 2.18. The summed E-state index contributed by atoms with van der Waals surface area (Å²) in [6.45, 7) is 2.02. The van der Waals surface area contributed by atoms with Crippen LogP contribution < -0.4 is 5.73 Å². The van der Waals surface area contributed by atoms with Gasteiger partial charge in [0, 0.05) is 13.1 Å². The molecule has 1 heterocycles. The van der Waals surface area contributed by atoms with Gasteiger partial charge in [-0.3, -0.25) is 0 Å². The number of rotatable bonds is 0. The molecule has 0 bridgehead atoms. The molecule has 0 saturated carbocycles. The molecule has 1 aromatic rings. The van der Waals surface area contributed by atoms with Crippen LogP contribution in [-0.4, -0.2) is 18.5 Å². The third-order valence-electron chi connectivity index (χ3n) is 2.59. The van der Waals surface area contributed by atoms with Gasteiger partial charge in [-0.05, 0) is 30.7 Å². The Bertz CT molecular complexity index is 336. The summed E-state index contributed by atoms with van der Waals surface area (Å²) in [5.41, 5.74) is 9.22. The average molecular weight is 197 g/mol. The van der Waals surface area contributed by atoms with E-state index < -0.39 is 0 Å². The van der Waals surface area contributed by atoms with E-state index in [-0.39, 0.29) is 0 Å². The molecule has 0 amide bonds. The molecule has 3 heteroatoms. The molecular formula is C10H13ClN2. The van der Waals surface area contributed by atoms with Gasteiger partial charge < -0.3 is 10.6 Å². The molecule has 13 heavy (non-hydrogen) atoms. The molecule has 0 unspecified atom stereocenters. The summed E-state index contributed by atoms with van der Waals surface area (Å²) in [4.78, 5) is 2.26. The van der Waals surface area contributed by atoms with E-state index in [0.717, 1.165) is 25.2 Å². The van der Waals surface area contributed by atoms with Crippen molar-refractivity contribution in [3.63, 3.8) is 0 Å². The second-order valence-electron chi connectivity index (χ2n) is 3.59. The van der Waals surface area contributed by atoms with Gasteiger partial charge in [0.2, 0.25) is 0 Å². The third kappa shape index (κ3) is 1.52. The number of hydrogen-bond acceptors (Lipinski definition) is 2. The number of nitrogen functional groups attached to an aromatic ring is 1. The Morgan fingerprint density at radius 2 is 2.23 bits per heavy atom. The Labute approximate surface area is 83.3 Å². The van der Waals surface area contributed by atoms with Crippen LogP contribution in [-0.2, 0) is 13.0 Å². The SMILES string of the molecule is CN1CCc2ccc(Cl)c(N)c2C1. The molecule has 1 aliphatic heterocycles. The lowest BCUT2D eigenvalue weighted by Gasteiger charge is -2.26. The molecule has 0 spiro atoms. The fraction of sp³-hybridized carbons (Fsp3) is 0.400. The summed E-state index contributed by atoms with van der Waals surface area (Å²) in [6.07, 6.45) is 1.08. The quantitative estimate of drug-likeness (QED) is 0.643. The van der Waals surface area contributed by atoms with E-state index >= 15 is 0 Å². The first-order chi connectivity index (χ1) is 6.18. The highest BCUT2D eigenvalue weighted by Crippen LogP contribution is 2.29. The highest BCUT2D eigenvalue weighted by atomic mass is 35.5. The number of benzene rings is 1. The van der Waals surface area contributed by atoms with Gasteiger partial charge in [-0.2, -0.15) is 0 Å². The third-order valence-corrected chi connectivity index (χ3v) is 2.92. The molecular weight excluding hydrogens is 184 g/mol. The molecule has 0 aromatic heterocycles. The minimum atomic E-state index is 0.675. The zero-order valence-electron chi connectivity index (χ0n) is 7.68. The average Bonchev–Trinajstić information content (AvgIpc) is 2.12. The van der Waals surface area contributed by atoms with Gasteiger partial charge in [0.05, 0.1) is 10.7 Å². The topological polar surface area (TPSA) is 29.3 Å². The van der Waals surface area contributed by atoms with Crippen LogP contribution >= 0.6 is 11.6 Å². The van der Waals surface area contributed by atoms with Crippen LogP contribution in [0.4, 0.5) is 5.69 Å². The van der Waals surface area contributed by atoms with Crippen LogP contribution in [0.3, 0.4) is 0 Å². The number of halogens is 1. The summed E-state index contributed by atoms with van der Waals surface area (Å²) >= 11 is 5.95. The second-order valence-corrected chi connectivity index (χ2v) is 3.99. The number of nitrogens with zero attached hydrogens (tertiary/aromatic N) is 1. The van der Waals surface area contributed by atoms with E-state index in [1.165, 1.54) is 11.1 Å². The number of anilines is 1. The summed E-state index contributed by atoms with van der Waals surface area (Å²) in [6, 6.07) is 3.97. The summed E-state index contributed by atoms with van der Waals surface area (Å²) in [5, 5.41) is 0.675. The molecule has 1 aromatic carbocycles. The van der Waals surface area contributed by atoms with Crippen LogP contribution in [0.5, 0.6) is 0 Å². The number of fused-ring (bicyclic) bond motifs is 1. The minimum Gasteiger partial charge on any atom is -0.397 e. The van der Waals surface area contributed by atoms with Crippen molar-refractivity contribution in [1.29, 1.82) is 0 Å². The molecule has 70 valence electrons. The summed E-state index contributed by atoms with van der Waals surface area (Å²) in [7, 11) is 2.10. The maximum atomic E-state index is 5.95. The monoisotopic (exact) mass is 196 g/mol. The van der Waals surface area contributed by atoms with Crippen molar-refractivity contribution >= 4 is 17.3 Å². The van der Waals surface area contributed by atoms with Crippen molar-refractivity contribution in [3.05, 3.63) is 28.3 Å². The zero-order valence-corrected chi connectivity index (χ0v) is 8.43. The lowest BCUT2D eigenvalue weighted by atomic mass is 9.98. The Morgan fingerprint density at radius 3 is 3.00 bits per heavy atom. The highest BCUT2D eigenvalue weighted by Gasteiger charge is 2.16. The second kappa shape index (κ2) is 3.20. The van der Waals surface area contributed by atoms with E-state index in [0.29, 0.717) is 5.02 Å². The van der Waals surface area contributed by atoms with Crippen molar-refractivity contribution in [2.24, 2.45) is 0 Å². The highest BCUT2D eigenvalue weighted by molar-refractivity contribution is 6.33.